The SMILES string of the molecule is Cc1cc(C)c(C)c(-c2cc3cc(-c4ccc(C(C)C)cn4)ccc3c[n+]2C)c1. The predicted molar refractivity (Wildman–Crippen MR) is 122 cm³/mol. The normalized spacial score (nSPS) is 11.4. The first-order valence-electron chi connectivity index (χ1n) is 10.3. The van der Waals surface area contributed by atoms with Crippen LogP contribution in [-0.4, -0.2) is 4.98 Å². The van der Waals surface area contributed by atoms with E-state index >= 15 is 0 Å². The Morgan fingerprint density at radius 3 is 2.34 bits per heavy atom. The molecule has 0 spiro atoms. The smallest absolute Gasteiger partial charge is 0.213 e. The molecule has 4 rings (SSSR count). The summed E-state index contributed by atoms with van der Waals surface area (Å²) in [6.07, 6.45) is 4.22. The number of aryl methyl sites for hydroxylation is 3. The average Bonchev–Trinajstić information content (AvgIpc) is 2.70. The van der Waals surface area contributed by atoms with Gasteiger partial charge < -0.3 is 0 Å². The molecule has 0 bridgehead atoms. The van der Waals surface area contributed by atoms with Crippen molar-refractivity contribution in [3.63, 3.8) is 0 Å². The van der Waals surface area contributed by atoms with Gasteiger partial charge in [0.15, 0.2) is 6.20 Å². The van der Waals surface area contributed by atoms with E-state index in [4.69, 9.17) is 4.98 Å². The lowest BCUT2D eigenvalue weighted by Crippen LogP contribution is -2.30. The predicted octanol–water partition coefficient (Wildman–Crippen LogP) is 6.44. The Morgan fingerprint density at radius 1 is 0.862 bits per heavy atom. The third-order valence-electron chi connectivity index (χ3n) is 5.93. The van der Waals surface area contributed by atoms with Crippen molar-refractivity contribution >= 4 is 10.8 Å². The zero-order valence-corrected chi connectivity index (χ0v) is 18.2. The third kappa shape index (κ3) is 3.67. The minimum Gasteiger partial charge on any atom is -0.256 e. The molecule has 0 saturated carbocycles. The van der Waals surface area contributed by atoms with Crippen LogP contribution in [0.25, 0.3) is 33.3 Å². The molecule has 0 saturated heterocycles. The molecule has 0 aliphatic carbocycles. The molecule has 0 atom stereocenters. The van der Waals surface area contributed by atoms with Crippen molar-refractivity contribution in [1.82, 2.24) is 4.98 Å². The van der Waals surface area contributed by atoms with E-state index in [9.17, 15) is 0 Å². The number of benzene rings is 2. The van der Waals surface area contributed by atoms with Gasteiger partial charge in [0.2, 0.25) is 5.69 Å². The molecule has 29 heavy (non-hydrogen) atoms. The zero-order chi connectivity index (χ0) is 20.7. The first-order valence-corrected chi connectivity index (χ1v) is 10.3. The van der Waals surface area contributed by atoms with Gasteiger partial charge in [-0.15, -0.1) is 0 Å². The second-order valence-electron chi connectivity index (χ2n) is 8.50. The molecular weight excluding hydrogens is 352 g/mol. The van der Waals surface area contributed by atoms with Crippen LogP contribution in [0.3, 0.4) is 0 Å². The quantitative estimate of drug-likeness (QED) is 0.373. The minimum absolute atomic E-state index is 0.497. The molecule has 2 aromatic carbocycles. The van der Waals surface area contributed by atoms with Gasteiger partial charge in [0.25, 0.3) is 0 Å². The Kier molecular flexibility index (Phi) is 4.96. The molecule has 0 radical (unpaired) electrons. The second-order valence-corrected chi connectivity index (χ2v) is 8.50. The van der Waals surface area contributed by atoms with Gasteiger partial charge in [0.05, 0.1) is 5.69 Å². The number of hydrogen-bond acceptors (Lipinski definition) is 1. The highest BCUT2D eigenvalue weighted by Crippen LogP contribution is 2.29. The van der Waals surface area contributed by atoms with Crippen LogP contribution in [0.4, 0.5) is 0 Å². The monoisotopic (exact) mass is 381 g/mol. The van der Waals surface area contributed by atoms with Crippen LogP contribution in [0.15, 0.2) is 60.9 Å². The summed E-state index contributed by atoms with van der Waals surface area (Å²) < 4.78 is 2.24. The van der Waals surface area contributed by atoms with Crippen LogP contribution in [0.1, 0.15) is 42.0 Å². The zero-order valence-electron chi connectivity index (χ0n) is 18.2. The average molecular weight is 382 g/mol. The van der Waals surface area contributed by atoms with E-state index in [1.165, 1.54) is 44.3 Å². The van der Waals surface area contributed by atoms with Crippen LogP contribution in [0.5, 0.6) is 0 Å². The molecule has 0 unspecified atom stereocenters. The van der Waals surface area contributed by atoms with E-state index in [1.807, 2.05) is 6.20 Å². The second kappa shape index (κ2) is 7.44. The highest BCUT2D eigenvalue weighted by atomic mass is 14.9. The molecule has 146 valence electrons. The lowest BCUT2D eigenvalue weighted by atomic mass is 9.96. The molecule has 2 heteroatoms. The number of pyridine rings is 2. The summed E-state index contributed by atoms with van der Waals surface area (Å²) in [6, 6.07) is 17.8. The van der Waals surface area contributed by atoms with Crippen LogP contribution in [0, 0.1) is 20.8 Å². The van der Waals surface area contributed by atoms with E-state index in [1.54, 1.807) is 0 Å². The Bertz CT molecular complexity index is 1200. The molecule has 0 aliphatic heterocycles. The number of rotatable bonds is 3. The molecule has 4 aromatic rings. The number of aromatic nitrogens is 2. The molecule has 0 amide bonds. The molecule has 2 nitrogen and oxygen atoms in total. The van der Waals surface area contributed by atoms with Gasteiger partial charge in [-0.1, -0.05) is 37.6 Å². The highest BCUT2D eigenvalue weighted by Gasteiger charge is 2.16. The first-order chi connectivity index (χ1) is 13.8. The van der Waals surface area contributed by atoms with Crippen molar-refractivity contribution in [2.24, 2.45) is 7.05 Å². The first kappa shape index (κ1) is 19.3. The van der Waals surface area contributed by atoms with Gasteiger partial charge in [-0.25, -0.2) is 4.57 Å². The number of fused-ring (bicyclic) bond motifs is 1. The summed E-state index contributed by atoms with van der Waals surface area (Å²) in [5.74, 6) is 0.497. The molecule has 2 heterocycles. The van der Waals surface area contributed by atoms with Gasteiger partial charge >= 0.3 is 0 Å². The van der Waals surface area contributed by atoms with Gasteiger partial charge in [-0.3, -0.25) is 4.98 Å². The van der Waals surface area contributed by atoms with Crippen LogP contribution in [-0.2, 0) is 7.05 Å². The van der Waals surface area contributed by atoms with E-state index in [-0.39, 0.29) is 0 Å². The van der Waals surface area contributed by atoms with Gasteiger partial charge in [0, 0.05) is 28.8 Å². The van der Waals surface area contributed by atoms with Gasteiger partial charge in [-0.2, -0.15) is 0 Å². The number of hydrogen-bond donors (Lipinski definition) is 0. The lowest BCUT2D eigenvalue weighted by molar-refractivity contribution is -0.659. The summed E-state index contributed by atoms with van der Waals surface area (Å²) in [5, 5.41) is 2.48. The molecule has 2 aromatic heterocycles. The lowest BCUT2D eigenvalue weighted by Gasteiger charge is -2.11. The maximum atomic E-state index is 4.71. The molecule has 0 aliphatic rings. The Balaban J connectivity index is 1.84. The fourth-order valence-electron chi connectivity index (χ4n) is 4.00. The Morgan fingerprint density at radius 2 is 1.66 bits per heavy atom. The van der Waals surface area contributed by atoms with E-state index in [0.717, 1.165) is 11.3 Å². The standard InChI is InChI=1S/C27H29N2/c1-17(2)22-9-10-26(28-15-22)21-7-8-23-16-29(6)27(14-24(23)13-21)25-12-18(3)11-19(4)20(25)5/h7-17H,1-6H3/q+1. The van der Waals surface area contributed by atoms with E-state index in [0.29, 0.717) is 5.92 Å². The van der Waals surface area contributed by atoms with Crippen LogP contribution < -0.4 is 4.57 Å². The fraction of sp³-hybridized carbons (Fsp3) is 0.259. The van der Waals surface area contributed by atoms with Gasteiger partial charge in [0.1, 0.15) is 7.05 Å². The van der Waals surface area contributed by atoms with Crippen molar-refractivity contribution in [3.8, 4) is 22.5 Å². The van der Waals surface area contributed by atoms with E-state index in [2.05, 4.69) is 101 Å². The van der Waals surface area contributed by atoms with Crippen molar-refractivity contribution in [2.45, 2.75) is 40.5 Å². The topological polar surface area (TPSA) is 16.8 Å². The number of nitrogens with zero attached hydrogens (tertiary/aromatic N) is 2. The maximum absolute atomic E-state index is 4.71. The van der Waals surface area contributed by atoms with Crippen molar-refractivity contribution in [3.05, 3.63) is 83.2 Å². The van der Waals surface area contributed by atoms with Gasteiger partial charge in [-0.05, 0) is 73.0 Å². The summed E-state index contributed by atoms with van der Waals surface area (Å²) in [6.45, 7) is 11.0. The Labute approximate surface area is 173 Å². The fourth-order valence-corrected chi connectivity index (χ4v) is 4.00. The van der Waals surface area contributed by atoms with Crippen LogP contribution in [0.2, 0.25) is 0 Å². The summed E-state index contributed by atoms with van der Waals surface area (Å²) in [7, 11) is 2.13. The Hall–Kier alpha value is -3.00. The maximum Gasteiger partial charge on any atom is 0.213 e. The van der Waals surface area contributed by atoms with Crippen molar-refractivity contribution in [2.75, 3.05) is 0 Å². The van der Waals surface area contributed by atoms with Crippen molar-refractivity contribution in [1.29, 1.82) is 0 Å². The largest absolute Gasteiger partial charge is 0.256 e. The molecule has 0 N–H and O–H groups in total. The summed E-state index contributed by atoms with van der Waals surface area (Å²) >= 11 is 0. The van der Waals surface area contributed by atoms with Crippen molar-refractivity contribution < 1.29 is 4.57 Å². The third-order valence-corrected chi connectivity index (χ3v) is 5.93. The summed E-state index contributed by atoms with van der Waals surface area (Å²) in [4.78, 5) is 4.71. The highest BCUT2D eigenvalue weighted by molar-refractivity contribution is 5.88. The minimum atomic E-state index is 0.497. The molecular formula is C27H29N2+. The van der Waals surface area contributed by atoms with E-state index < -0.39 is 0 Å². The summed E-state index contributed by atoms with van der Waals surface area (Å²) in [5.41, 5.74) is 9.97. The van der Waals surface area contributed by atoms with Crippen LogP contribution >= 0.6 is 0 Å². The molecule has 0 fully saturated rings.